The van der Waals surface area contributed by atoms with E-state index in [2.05, 4.69) is 0 Å². The Morgan fingerprint density at radius 1 is 0.380 bits per heavy atom. The van der Waals surface area contributed by atoms with Crippen LogP contribution in [0.5, 0.6) is 0 Å². The van der Waals surface area contributed by atoms with Crippen LogP contribution in [-0.2, 0) is 37.9 Å². The topological polar surface area (TPSA) is 377 Å². The average molecular weight is 741 g/mol. The molecule has 20 atom stereocenters. The minimum Gasteiger partial charge on any atom is -0.394 e. The third-order valence-electron chi connectivity index (χ3n) is 8.83. The molecule has 0 aliphatic carbocycles. The first kappa shape index (κ1) is 41.8. The SMILES string of the molecule is OC[C@H]1O[C@@H](O[C@H]2[C@H](O)[C@@H](O)[C@H](OCC(O)CO[C@@H]3O[C@H](CO)[C@@H](O[C@@H]4O[C@H](CO)[C@H](O)[C@H](O)[C@H]4O)[C@H](O)[C@H]3O)O[C@@H]2CO)[C@H](O)[C@@H](O)[C@H]1O. The van der Waals surface area contributed by atoms with Gasteiger partial charge in [-0.25, -0.2) is 0 Å². The van der Waals surface area contributed by atoms with E-state index in [-0.39, 0.29) is 0 Å². The molecule has 0 aromatic rings. The summed E-state index contributed by atoms with van der Waals surface area (Å²) in [6.45, 7) is -4.49. The van der Waals surface area contributed by atoms with Gasteiger partial charge < -0.3 is 114 Å². The van der Waals surface area contributed by atoms with Crippen LogP contribution in [-0.4, -0.2) is 245 Å². The van der Waals surface area contributed by atoms with Crippen molar-refractivity contribution in [2.75, 3.05) is 39.6 Å². The van der Waals surface area contributed by atoms with Crippen molar-refractivity contribution in [1.82, 2.24) is 0 Å². The van der Waals surface area contributed by atoms with E-state index in [0.29, 0.717) is 0 Å². The summed E-state index contributed by atoms with van der Waals surface area (Å²) in [5.74, 6) is 0. The average Bonchev–Trinajstić information content (AvgIpc) is 3.11. The Labute approximate surface area is 283 Å². The van der Waals surface area contributed by atoms with Crippen molar-refractivity contribution < 1.29 is 114 Å². The Balaban J connectivity index is 1.27. The monoisotopic (exact) mass is 740 g/mol. The number of aliphatic hydroxyl groups is 15. The Hall–Kier alpha value is -0.920. The normalized spacial score (nSPS) is 49.5. The highest BCUT2D eigenvalue weighted by atomic mass is 16.8. The minimum atomic E-state index is -1.88. The van der Waals surface area contributed by atoms with Crippen LogP contribution in [0.3, 0.4) is 0 Å². The minimum absolute atomic E-state index is 0.650. The van der Waals surface area contributed by atoms with Gasteiger partial charge in [0, 0.05) is 0 Å². The first-order chi connectivity index (χ1) is 23.7. The van der Waals surface area contributed by atoms with Gasteiger partial charge in [0.25, 0.3) is 0 Å². The lowest BCUT2D eigenvalue weighted by molar-refractivity contribution is -0.363. The quantitative estimate of drug-likeness (QED) is 0.0786. The van der Waals surface area contributed by atoms with Gasteiger partial charge in [-0.15, -0.1) is 0 Å². The molecule has 4 aliphatic rings. The Bertz CT molecular complexity index is 931. The van der Waals surface area contributed by atoms with E-state index in [0.717, 1.165) is 0 Å². The molecule has 4 rings (SSSR count). The zero-order chi connectivity index (χ0) is 37.0. The van der Waals surface area contributed by atoms with Gasteiger partial charge in [-0.1, -0.05) is 0 Å². The van der Waals surface area contributed by atoms with Crippen LogP contribution >= 0.6 is 0 Å². The molecule has 4 fully saturated rings. The van der Waals surface area contributed by atoms with E-state index in [1.165, 1.54) is 0 Å². The van der Waals surface area contributed by atoms with E-state index in [9.17, 15) is 76.6 Å². The van der Waals surface area contributed by atoms with Crippen molar-refractivity contribution in [3.05, 3.63) is 0 Å². The largest absolute Gasteiger partial charge is 0.394 e. The van der Waals surface area contributed by atoms with Gasteiger partial charge in [-0.05, 0) is 0 Å². The molecule has 15 N–H and O–H groups in total. The molecule has 4 saturated heterocycles. The van der Waals surface area contributed by atoms with Crippen LogP contribution in [0.1, 0.15) is 0 Å². The summed E-state index contributed by atoms with van der Waals surface area (Å²) >= 11 is 0. The number of hydrogen-bond acceptors (Lipinski definition) is 23. The molecule has 4 heterocycles. The van der Waals surface area contributed by atoms with E-state index in [1.54, 1.807) is 0 Å². The number of aliphatic hydroxyl groups excluding tert-OH is 15. The van der Waals surface area contributed by atoms with E-state index in [1.807, 2.05) is 0 Å². The lowest BCUT2D eigenvalue weighted by Gasteiger charge is -2.46. The summed E-state index contributed by atoms with van der Waals surface area (Å²) in [6, 6.07) is 0. The second-order valence-corrected chi connectivity index (χ2v) is 12.3. The van der Waals surface area contributed by atoms with Gasteiger partial charge in [-0.2, -0.15) is 0 Å². The standard InChI is InChI=1S/C27H48O23/c28-1-8-12(33)14(35)18(39)26(45-8)49-22-10(3-30)47-24(20(41)16(22)37)43-5-7(32)6-44-25-21(42)17(38)23(11(4-31)48-25)50-27-19(40)15(36)13(34)9(2-29)46-27/h7-42H,1-6H2/t8-,9-,10-,11-,12+,13+,14+,15+,16-,17-,18-,19-,20-,21-,22-,23-,24-,25-,26+,27+/m1/s1. The lowest BCUT2D eigenvalue weighted by Crippen LogP contribution is -2.65. The number of hydrogen-bond donors (Lipinski definition) is 15. The molecule has 0 unspecified atom stereocenters. The zero-order valence-electron chi connectivity index (χ0n) is 26.3. The van der Waals surface area contributed by atoms with Gasteiger partial charge in [0.1, 0.15) is 104 Å². The van der Waals surface area contributed by atoms with Gasteiger partial charge >= 0.3 is 0 Å². The maximum absolute atomic E-state index is 10.7. The molecule has 294 valence electrons. The van der Waals surface area contributed by atoms with Crippen LogP contribution < -0.4 is 0 Å². The van der Waals surface area contributed by atoms with Crippen molar-refractivity contribution in [3.8, 4) is 0 Å². The van der Waals surface area contributed by atoms with Crippen molar-refractivity contribution in [3.63, 3.8) is 0 Å². The molecule has 0 spiro atoms. The smallest absolute Gasteiger partial charge is 0.187 e. The molecule has 23 nitrogen and oxygen atoms in total. The molecular weight excluding hydrogens is 692 g/mol. The summed E-state index contributed by atoms with van der Waals surface area (Å²) in [5.41, 5.74) is 0. The molecule has 23 heteroatoms. The first-order valence-electron chi connectivity index (χ1n) is 15.8. The van der Waals surface area contributed by atoms with Gasteiger partial charge in [0.15, 0.2) is 25.2 Å². The third-order valence-corrected chi connectivity index (χ3v) is 8.83. The van der Waals surface area contributed by atoms with E-state index < -0.39 is 169 Å². The molecule has 4 aliphatic heterocycles. The summed E-state index contributed by atoms with van der Waals surface area (Å²) in [4.78, 5) is 0. The van der Waals surface area contributed by atoms with Crippen molar-refractivity contribution >= 4 is 0 Å². The van der Waals surface area contributed by atoms with E-state index >= 15 is 0 Å². The second kappa shape index (κ2) is 18.4. The third kappa shape index (κ3) is 9.05. The van der Waals surface area contributed by atoms with Gasteiger partial charge in [-0.3, -0.25) is 0 Å². The maximum Gasteiger partial charge on any atom is 0.187 e. The Morgan fingerprint density at radius 3 is 1.00 bits per heavy atom. The molecule has 0 amide bonds. The molecule has 0 aromatic carbocycles. The summed E-state index contributed by atoms with van der Waals surface area (Å²) in [7, 11) is 0. The van der Waals surface area contributed by atoms with E-state index in [4.69, 9.17) is 37.9 Å². The molecule has 0 aromatic heterocycles. The predicted molar refractivity (Wildman–Crippen MR) is 151 cm³/mol. The van der Waals surface area contributed by atoms with Crippen LogP contribution in [0.15, 0.2) is 0 Å². The van der Waals surface area contributed by atoms with Crippen LogP contribution in [0.4, 0.5) is 0 Å². The first-order valence-corrected chi connectivity index (χ1v) is 15.8. The van der Waals surface area contributed by atoms with Crippen molar-refractivity contribution in [1.29, 1.82) is 0 Å². The Morgan fingerprint density at radius 2 is 0.680 bits per heavy atom. The second-order valence-electron chi connectivity index (χ2n) is 12.3. The molecular formula is C27H48O23. The lowest BCUT2D eigenvalue weighted by atomic mass is 9.97. The predicted octanol–water partition coefficient (Wildman–Crippen LogP) is -10.4. The van der Waals surface area contributed by atoms with Crippen LogP contribution in [0.2, 0.25) is 0 Å². The number of rotatable bonds is 14. The highest BCUT2D eigenvalue weighted by Crippen LogP contribution is 2.31. The molecule has 50 heavy (non-hydrogen) atoms. The fraction of sp³-hybridized carbons (Fsp3) is 1.00. The zero-order valence-corrected chi connectivity index (χ0v) is 26.3. The summed E-state index contributed by atoms with van der Waals surface area (Å²) in [6.07, 6.45) is -35.3. The van der Waals surface area contributed by atoms with Crippen LogP contribution in [0, 0.1) is 0 Å². The van der Waals surface area contributed by atoms with Gasteiger partial charge in [0.05, 0.1) is 39.6 Å². The highest BCUT2D eigenvalue weighted by Gasteiger charge is 2.52. The molecule has 0 bridgehead atoms. The van der Waals surface area contributed by atoms with Crippen molar-refractivity contribution in [2.45, 2.75) is 129 Å². The summed E-state index contributed by atoms with van der Waals surface area (Å²) < 4.78 is 43.0. The molecule has 0 radical (unpaired) electrons. The highest BCUT2D eigenvalue weighted by molar-refractivity contribution is 4.96. The number of ether oxygens (including phenoxy) is 8. The van der Waals surface area contributed by atoms with Crippen molar-refractivity contribution in [2.24, 2.45) is 0 Å². The maximum atomic E-state index is 10.7. The van der Waals surface area contributed by atoms with Gasteiger partial charge in [0.2, 0.25) is 0 Å². The Kier molecular flexibility index (Phi) is 15.4. The summed E-state index contributed by atoms with van der Waals surface area (Å²) in [5, 5.41) is 152. The van der Waals surface area contributed by atoms with Crippen LogP contribution in [0.25, 0.3) is 0 Å². The fourth-order valence-electron chi connectivity index (χ4n) is 5.85. The molecule has 0 saturated carbocycles. The fourth-order valence-corrected chi connectivity index (χ4v) is 5.85.